The highest BCUT2D eigenvalue weighted by molar-refractivity contribution is 5.98. The zero-order chi connectivity index (χ0) is 19.1. The maximum atomic E-state index is 4.66. The van der Waals surface area contributed by atoms with Crippen LogP contribution in [0.1, 0.15) is 5.56 Å². The molecule has 0 N–H and O–H groups in total. The summed E-state index contributed by atoms with van der Waals surface area (Å²) in [5.74, 6) is 0. The van der Waals surface area contributed by atoms with Gasteiger partial charge in [0.25, 0.3) is 6.33 Å². The number of rotatable bonds is 2. The molecule has 0 bridgehead atoms. The molecule has 2 nitrogen and oxygen atoms in total. The van der Waals surface area contributed by atoms with Crippen LogP contribution in [-0.4, -0.2) is 4.98 Å². The molecular formula is C26H21N2+. The maximum Gasteiger partial charge on any atom is 0.287 e. The molecule has 28 heavy (non-hydrogen) atoms. The highest BCUT2D eigenvalue weighted by Gasteiger charge is 2.18. The fraction of sp³-hybridized carbons (Fsp3) is 0.0769. The first-order valence-corrected chi connectivity index (χ1v) is 9.55. The van der Waals surface area contributed by atoms with Crippen LogP contribution in [0.5, 0.6) is 0 Å². The lowest BCUT2D eigenvalue weighted by molar-refractivity contribution is -0.662. The van der Waals surface area contributed by atoms with Crippen LogP contribution in [0.3, 0.4) is 0 Å². The smallest absolute Gasteiger partial charge is 0.232 e. The summed E-state index contributed by atoms with van der Waals surface area (Å²) in [7, 11) is 2.07. The molecule has 5 rings (SSSR count). The Morgan fingerprint density at radius 3 is 2.36 bits per heavy atom. The highest BCUT2D eigenvalue weighted by atomic mass is 15.0. The molecule has 134 valence electrons. The second kappa shape index (κ2) is 6.58. The van der Waals surface area contributed by atoms with E-state index in [4.69, 9.17) is 0 Å². The third kappa shape index (κ3) is 2.66. The number of nitrogens with zero attached hydrogens (tertiary/aromatic N) is 2. The van der Waals surface area contributed by atoms with Gasteiger partial charge in [0.1, 0.15) is 5.69 Å². The highest BCUT2D eigenvalue weighted by Crippen LogP contribution is 2.33. The fourth-order valence-corrected chi connectivity index (χ4v) is 4.06. The monoisotopic (exact) mass is 361 g/mol. The number of hydrogen-bond acceptors (Lipinski definition) is 1. The number of hydrogen-bond donors (Lipinski definition) is 0. The summed E-state index contributed by atoms with van der Waals surface area (Å²) in [6.07, 6.45) is 1.91. The first-order chi connectivity index (χ1) is 13.7. The Kier molecular flexibility index (Phi) is 3.91. The van der Waals surface area contributed by atoms with E-state index in [2.05, 4.69) is 108 Å². The third-order valence-corrected chi connectivity index (χ3v) is 5.54. The molecule has 1 heterocycles. The second-order valence-corrected chi connectivity index (χ2v) is 7.26. The zero-order valence-electron chi connectivity index (χ0n) is 16.1. The predicted molar refractivity (Wildman–Crippen MR) is 116 cm³/mol. The molecule has 0 aliphatic carbocycles. The summed E-state index contributed by atoms with van der Waals surface area (Å²) in [5, 5.41) is 3.74. The van der Waals surface area contributed by atoms with Gasteiger partial charge in [-0.2, -0.15) is 0 Å². The van der Waals surface area contributed by atoms with Gasteiger partial charge in [-0.15, -0.1) is 0 Å². The maximum absolute atomic E-state index is 4.66. The average Bonchev–Trinajstić information content (AvgIpc) is 2.75. The normalized spacial score (nSPS) is 11.2. The summed E-state index contributed by atoms with van der Waals surface area (Å²) < 4.78 is 2.13. The summed E-state index contributed by atoms with van der Waals surface area (Å²) in [6, 6.07) is 30.1. The van der Waals surface area contributed by atoms with Crippen LogP contribution in [0.15, 0.2) is 91.3 Å². The van der Waals surface area contributed by atoms with Crippen molar-refractivity contribution >= 4 is 21.7 Å². The lowest BCUT2D eigenvalue weighted by Gasteiger charge is -2.12. The largest absolute Gasteiger partial charge is 0.287 e. The van der Waals surface area contributed by atoms with Gasteiger partial charge < -0.3 is 0 Å². The van der Waals surface area contributed by atoms with Gasteiger partial charge in [-0.05, 0) is 63.6 Å². The van der Waals surface area contributed by atoms with E-state index in [0.717, 1.165) is 5.52 Å². The molecule has 0 saturated heterocycles. The van der Waals surface area contributed by atoms with Crippen molar-refractivity contribution in [3.8, 4) is 22.4 Å². The van der Waals surface area contributed by atoms with Crippen LogP contribution in [-0.2, 0) is 7.05 Å². The molecular weight excluding hydrogens is 340 g/mol. The van der Waals surface area contributed by atoms with Crippen molar-refractivity contribution in [2.75, 3.05) is 0 Å². The molecule has 0 spiro atoms. The quantitative estimate of drug-likeness (QED) is 0.360. The van der Waals surface area contributed by atoms with E-state index >= 15 is 0 Å². The van der Waals surface area contributed by atoms with E-state index in [1.807, 2.05) is 6.33 Å². The first-order valence-electron chi connectivity index (χ1n) is 9.55. The SMILES string of the molecule is Cc1c(-c2c3cc(-c4ccccc4)ccc3nc[n+]2C)ccc2ccccc12. The summed E-state index contributed by atoms with van der Waals surface area (Å²) in [6.45, 7) is 2.21. The minimum atomic E-state index is 1.01. The minimum Gasteiger partial charge on any atom is -0.232 e. The van der Waals surface area contributed by atoms with Crippen molar-refractivity contribution in [2.24, 2.45) is 7.05 Å². The van der Waals surface area contributed by atoms with Gasteiger partial charge in [0.15, 0.2) is 5.52 Å². The van der Waals surface area contributed by atoms with E-state index in [1.165, 1.54) is 44.1 Å². The molecule has 0 fully saturated rings. The van der Waals surface area contributed by atoms with E-state index in [9.17, 15) is 0 Å². The van der Waals surface area contributed by atoms with Crippen molar-refractivity contribution in [2.45, 2.75) is 6.92 Å². The Hall–Kier alpha value is -3.52. The first kappa shape index (κ1) is 16.6. The average molecular weight is 361 g/mol. The van der Waals surface area contributed by atoms with Crippen LogP contribution < -0.4 is 4.57 Å². The standard InChI is InChI=1S/C26H21N2/c1-18-22-11-7-6-10-20(22)12-14-23(18)26-24-16-21(19-8-4-3-5-9-19)13-15-25(24)27-17-28(26)2/h3-17H,1-2H3/q+1. The molecule has 2 heteroatoms. The molecule has 0 atom stereocenters. The van der Waals surface area contributed by atoms with Gasteiger partial charge >= 0.3 is 0 Å². The lowest BCUT2D eigenvalue weighted by atomic mass is 9.94. The molecule has 1 aromatic heterocycles. The van der Waals surface area contributed by atoms with Gasteiger partial charge in [-0.1, -0.05) is 60.7 Å². The molecule has 5 aromatic rings. The van der Waals surface area contributed by atoms with Crippen LogP contribution >= 0.6 is 0 Å². The lowest BCUT2D eigenvalue weighted by Crippen LogP contribution is -2.31. The van der Waals surface area contributed by atoms with Crippen LogP contribution in [0.4, 0.5) is 0 Å². The van der Waals surface area contributed by atoms with Gasteiger partial charge in [0.2, 0.25) is 0 Å². The molecule has 4 aromatic carbocycles. The van der Waals surface area contributed by atoms with Gasteiger partial charge in [0, 0.05) is 5.56 Å². The topological polar surface area (TPSA) is 16.8 Å². The Bertz CT molecular complexity index is 1320. The molecule has 0 amide bonds. The second-order valence-electron chi connectivity index (χ2n) is 7.26. The van der Waals surface area contributed by atoms with Crippen molar-refractivity contribution in [1.82, 2.24) is 4.98 Å². The van der Waals surface area contributed by atoms with Crippen molar-refractivity contribution in [3.63, 3.8) is 0 Å². The minimum absolute atomic E-state index is 1.01. The number of aromatic nitrogens is 2. The van der Waals surface area contributed by atoms with Crippen LogP contribution in [0.2, 0.25) is 0 Å². The summed E-state index contributed by atoms with van der Waals surface area (Å²) in [4.78, 5) is 4.66. The van der Waals surface area contributed by atoms with Crippen molar-refractivity contribution < 1.29 is 4.57 Å². The van der Waals surface area contributed by atoms with E-state index < -0.39 is 0 Å². The molecule has 0 saturated carbocycles. The van der Waals surface area contributed by atoms with Crippen molar-refractivity contribution in [3.05, 3.63) is 96.8 Å². The molecule has 0 radical (unpaired) electrons. The Balaban J connectivity index is 1.82. The Morgan fingerprint density at radius 1 is 0.714 bits per heavy atom. The third-order valence-electron chi connectivity index (χ3n) is 5.54. The van der Waals surface area contributed by atoms with Gasteiger partial charge in [-0.3, -0.25) is 0 Å². The van der Waals surface area contributed by atoms with Gasteiger partial charge in [0.05, 0.1) is 12.4 Å². The summed E-state index contributed by atoms with van der Waals surface area (Å²) in [5.41, 5.74) is 7.19. The fourth-order valence-electron chi connectivity index (χ4n) is 4.06. The predicted octanol–water partition coefficient (Wildman–Crippen LogP) is 5.85. The molecule has 0 aliphatic heterocycles. The summed E-state index contributed by atoms with van der Waals surface area (Å²) >= 11 is 0. The van der Waals surface area contributed by atoms with Crippen molar-refractivity contribution in [1.29, 1.82) is 0 Å². The Labute approximate surface area is 164 Å². The van der Waals surface area contributed by atoms with E-state index in [0.29, 0.717) is 0 Å². The van der Waals surface area contributed by atoms with E-state index in [1.54, 1.807) is 0 Å². The van der Waals surface area contributed by atoms with E-state index in [-0.39, 0.29) is 0 Å². The zero-order valence-corrected chi connectivity index (χ0v) is 16.1. The van der Waals surface area contributed by atoms with Gasteiger partial charge in [-0.25, -0.2) is 4.57 Å². The molecule has 0 aliphatic rings. The number of fused-ring (bicyclic) bond motifs is 2. The van der Waals surface area contributed by atoms with Crippen LogP contribution in [0, 0.1) is 6.92 Å². The number of benzene rings is 4. The Morgan fingerprint density at radius 2 is 1.50 bits per heavy atom. The van der Waals surface area contributed by atoms with Crippen LogP contribution in [0.25, 0.3) is 44.1 Å². The number of aryl methyl sites for hydroxylation is 2. The molecule has 0 unspecified atom stereocenters.